The van der Waals surface area contributed by atoms with Gasteiger partial charge in [0.1, 0.15) is 17.2 Å². The lowest BCUT2D eigenvalue weighted by atomic mass is 10.3. The zero-order chi connectivity index (χ0) is 16.0. The Morgan fingerprint density at radius 2 is 2.17 bits per heavy atom. The molecule has 1 aliphatic rings. The van der Waals surface area contributed by atoms with Crippen LogP contribution < -0.4 is 0 Å². The third-order valence-corrected chi connectivity index (χ3v) is 4.27. The summed E-state index contributed by atoms with van der Waals surface area (Å²) < 4.78 is 3.98. The summed E-state index contributed by atoms with van der Waals surface area (Å²) in [6.07, 6.45) is 4.56. The maximum absolute atomic E-state index is 12.7. The Kier molecular flexibility index (Phi) is 3.14. The molecule has 3 aromatic rings. The fourth-order valence-corrected chi connectivity index (χ4v) is 3.00. The van der Waals surface area contributed by atoms with Crippen LogP contribution in [0.25, 0.3) is 5.65 Å². The van der Waals surface area contributed by atoms with Crippen molar-refractivity contribution in [2.75, 3.05) is 6.54 Å². The SMILES string of the molecule is CCc1nnc2n1CCN(C(=O)c1cn3ccc(C)cc3n1)C2. The van der Waals surface area contributed by atoms with Gasteiger partial charge in [-0.3, -0.25) is 4.79 Å². The van der Waals surface area contributed by atoms with Crippen LogP contribution in [0.3, 0.4) is 0 Å². The van der Waals surface area contributed by atoms with Crippen LogP contribution in [0.15, 0.2) is 24.5 Å². The minimum Gasteiger partial charge on any atom is -0.328 e. The first-order valence-electron chi connectivity index (χ1n) is 7.81. The molecule has 0 N–H and O–H groups in total. The lowest BCUT2D eigenvalue weighted by Crippen LogP contribution is -2.39. The molecule has 3 aromatic heterocycles. The Balaban J connectivity index is 1.61. The van der Waals surface area contributed by atoms with Crippen molar-refractivity contribution in [3.8, 4) is 0 Å². The number of rotatable bonds is 2. The van der Waals surface area contributed by atoms with Crippen LogP contribution in [0, 0.1) is 6.92 Å². The monoisotopic (exact) mass is 310 g/mol. The second kappa shape index (κ2) is 5.19. The number of carbonyl (C=O) groups excluding carboxylic acids is 1. The van der Waals surface area contributed by atoms with Gasteiger partial charge < -0.3 is 13.9 Å². The molecule has 1 amide bonds. The van der Waals surface area contributed by atoms with Gasteiger partial charge in [0, 0.05) is 31.9 Å². The second-order valence-electron chi connectivity index (χ2n) is 5.86. The highest BCUT2D eigenvalue weighted by Gasteiger charge is 2.26. The number of pyridine rings is 1. The number of hydrogen-bond donors (Lipinski definition) is 0. The van der Waals surface area contributed by atoms with E-state index in [0.717, 1.165) is 35.8 Å². The molecule has 0 saturated heterocycles. The van der Waals surface area contributed by atoms with Gasteiger partial charge in [-0.15, -0.1) is 10.2 Å². The highest BCUT2D eigenvalue weighted by atomic mass is 16.2. The van der Waals surface area contributed by atoms with Gasteiger partial charge in [-0.05, 0) is 24.6 Å². The van der Waals surface area contributed by atoms with E-state index in [1.807, 2.05) is 29.7 Å². The van der Waals surface area contributed by atoms with Crippen LogP contribution in [-0.4, -0.2) is 41.5 Å². The molecule has 4 heterocycles. The number of carbonyl (C=O) groups is 1. The molecule has 0 unspecified atom stereocenters. The van der Waals surface area contributed by atoms with Crippen molar-refractivity contribution < 1.29 is 4.79 Å². The van der Waals surface area contributed by atoms with E-state index in [4.69, 9.17) is 0 Å². The first kappa shape index (κ1) is 13.9. The fourth-order valence-electron chi connectivity index (χ4n) is 3.00. The first-order chi connectivity index (χ1) is 11.2. The second-order valence-corrected chi connectivity index (χ2v) is 5.86. The summed E-state index contributed by atoms with van der Waals surface area (Å²) in [5.74, 6) is 1.77. The molecular formula is C16H18N6O. The predicted molar refractivity (Wildman–Crippen MR) is 84.1 cm³/mol. The average Bonchev–Trinajstić information content (AvgIpc) is 3.16. The summed E-state index contributed by atoms with van der Waals surface area (Å²) in [7, 11) is 0. The number of hydrogen-bond acceptors (Lipinski definition) is 4. The van der Waals surface area contributed by atoms with E-state index in [-0.39, 0.29) is 5.91 Å². The maximum Gasteiger partial charge on any atom is 0.274 e. The minimum absolute atomic E-state index is 0.0568. The van der Waals surface area contributed by atoms with Gasteiger partial charge in [0.15, 0.2) is 5.82 Å². The van der Waals surface area contributed by atoms with Gasteiger partial charge >= 0.3 is 0 Å². The van der Waals surface area contributed by atoms with Crippen molar-refractivity contribution in [3.63, 3.8) is 0 Å². The Bertz CT molecular complexity index is 893. The quantitative estimate of drug-likeness (QED) is 0.718. The number of aromatic nitrogens is 5. The molecule has 0 atom stereocenters. The summed E-state index contributed by atoms with van der Waals surface area (Å²) in [6, 6.07) is 3.97. The Morgan fingerprint density at radius 1 is 1.30 bits per heavy atom. The molecule has 0 aromatic carbocycles. The van der Waals surface area contributed by atoms with Crippen LogP contribution in [0.4, 0.5) is 0 Å². The lowest BCUT2D eigenvalue weighted by molar-refractivity contribution is 0.0701. The van der Waals surface area contributed by atoms with Crippen molar-refractivity contribution in [1.29, 1.82) is 0 Å². The minimum atomic E-state index is -0.0568. The van der Waals surface area contributed by atoms with Crippen molar-refractivity contribution in [2.45, 2.75) is 33.4 Å². The molecule has 0 saturated carbocycles. The van der Waals surface area contributed by atoms with E-state index in [2.05, 4.69) is 26.7 Å². The zero-order valence-corrected chi connectivity index (χ0v) is 13.2. The van der Waals surface area contributed by atoms with Crippen LogP contribution >= 0.6 is 0 Å². The number of nitrogens with zero attached hydrogens (tertiary/aromatic N) is 6. The van der Waals surface area contributed by atoms with Crippen molar-refractivity contribution >= 4 is 11.6 Å². The molecule has 4 rings (SSSR count). The molecule has 0 fully saturated rings. The van der Waals surface area contributed by atoms with Crippen molar-refractivity contribution in [2.24, 2.45) is 0 Å². The number of imidazole rings is 1. The number of fused-ring (bicyclic) bond motifs is 2. The summed E-state index contributed by atoms with van der Waals surface area (Å²) in [6.45, 7) is 5.96. The topological polar surface area (TPSA) is 68.3 Å². The average molecular weight is 310 g/mol. The number of amides is 1. The summed E-state index contributed by atoms with van der Waals surface area (Å²) in [5.41, 5.74) is 2.39. The molecule has 7 heteroatoms. The third-order valence-electron chi connectivity index (χ3n) is 4.27. The molecule has 7 nitrogen and oxygen atoms in total. The predicted octanol–water partition coefficient (Wildman–Crippen LogP) is 1.45. The molecule has 0 spiro atoms. The Labute approximate surface area is 133 Å². The van der Waals surface area contributed by atoms with Crippen LogP contribution in [0.2, 0.25) is 0 Å². The van der Waals surface area contributed by atoms with E-state index in [9.17, 15) is 4.79 Å². The van der Waals surface area contributed by atoms with Gasteiger partial charge in [0.05, 0.1) is 6.54 Å². The Hall–Kier alpha value is -2.70. The van der Waals surface area contributed by atoms with Crippen molar-refractivity contribution in [3.05, 3.63) is 47.4 Å². The smallest absolute Gasteiger partial charge is 0.274 e. The van der Waals surface area contributed by atoms with E-state index in [0.29, 0.717) is 18.8 Å². The van der Waals surface area contributed by atoms with E-state index >= 15 is 0 Å². The molecular weight excluding hydrogens is 292 g/mol. The normalized spacial score (nSPS) is 14.3. The van der Waals surface area contributed by atoms with Gasteiger partial charge in [-0.25, -0.2) is 4.98 Å². The van der Waals surface area contributed by atoms with E-state index < -0.39 is 0 Å². The highest BCUT2D eigenvalue weighted by Crippen LogP contribution is 2.16. The van der Waals surface area contributed by atoms with Crippen LogP contribution in [0.5, 0.6) is 0 Å². The zero-order valence-electron chi connectivity index (χ0n) is 13.2. The van der Waals surface area contributed by atoms with E-state index in [1.165, 1.54) is 0 Å². The summed E-state index contributed by atoms with van der Waals surface area (Å²) in [5, 5.41) is 8.38. The highest BCUT2D eigenvalue weighted by molar-refractivity contribution is 5.93. The van der Waals surface area contributed by atoms with Gasteiger partial charge in [0.2, 0.25) is 0 Å². The standard InChI is InChI=1S/C16H18N6O/c1-3-13-18-19-15-10-21(6-7-22(13)15)16(23)12-9-20-5-4-11(2)8-14(20)17-12/h4-5,8-9H,3,6-7,10H2,1-2H3. The largest absolute Gasteiger partial charge is 0.328 e. The maximum atomic E-state index is 12.7. The molecule has 0 radical (unpaired) electrons. The van der Waals surface area contributed by atoms with Gasteiger partial charge in [-0.2, -0.15) is 0 Å². The molecule has 1 aliphatic heterocycles. The Morgan fingerprint density at radius 3 is 3.00 bits per heavy atom. The lowest BCUT2D eigenvalue weighted by Gasteiger charge is -2.27. The molecule has 23 heavy (non-hydrogen) atoms. The first-order valence-corrected chi connectivity index (χ1v) is 7.81. The third kappa shape index (κ3) is 2.28. The van der Waals surface area contributed by atoms with Crippen LogP contribution in [-0.2, 0) is 19.5 Å². The van der Waals surface area contributed by atoms with Crippen molar-refractivity contribution in [1.82, 2.24) is 29.0 Å². The van der Waals surface area contributed by atoms with Gasteiger partial charge in [0.25, 0.3) is 5.91 Å². The molecule has 0 bridgehead atoms. The number of aryl methyl sites for hydroxylation is 2. The molecule has 0 aliphatic carbocycles. The van der Waals surface area contributed by atoms with E-state index in [1.54, 1.807) is 11.1 Å². The van der Waals surface area contributed by atoms with Gasteiger partial charge in [-0.1, -0.05) is 6.92 Å². The summed E-state index contributed by atoms with van der Waals surface area (Å²) in [4.78, 5) is 19.0. The fraction of sp³-hybridized carbons (Fsp3) is 0.375. The molecule has 118 valence electrons. The van der Waals surface area contributed by atoms with Crippen LogP contribution in [0.1, 0.15) is 34.6 Å². The summed E-state index contributed by atoms with van der Waals surface area (Å²) >= 11 is 0.